The topological polar surface area (TPSA) is 75.3 Å². The second-order valence-electron chi connectivity index (χ2n) is 4.43. The summed E-state index contributed by atoms with van der Waals surface area (Å²) in [6, 6.07) is 10.3. The van der Waals surface area contributed by atoms with Crippen LogP contribution in [0.25, 0.3) is 0 Å². The van der Waals surface area contributed by atoms with E-state index in [1.807, 2.05) is 0 Å². The molecule has 0 fully saturated rings. The number of rotatable bonds is 5. The molecule has 0 unspecified atom stereocenters. The third-order valence-corrected chi connectivity index (χ3v) is 5.26. The van der Waals surface area contributed by atoms with Gasteiger partial charge in [0.25, 0.3) is 0 Å². The molecule has 2 N–H and O–H groups in total. The number of hydrogen-bond donors (Lipinski definition) is 2. The number of anilines is 1. The lowest BCUT2D eigenvalue weighted by molar-refractivity contribution is -0.115. The van der Waals surface area contributed by atoms with Gasteiger partial charge in [-0.2, -0.15) is 0 Å². The number of sulfonamides is 1. The highest BCUT2D eigenvalue weighted by Gasteiger charge is 2.16. The molecular formula is C14H11Cl3N2O3S. The van der Waals surface area contributed by atoms with Gasteiger partial charge in [-0.1, -0.05) is 40.9 Å². The smallest absolute Gasteiger partial charge is 0.241 e. The van der Waals surface area contributed by atoms with Gasteiger partial charge in [-0.3, -0.25) is 4.79 Å². The molecule has 0 aromatic heterocycles. The molecule has 0 aliphatic rings. The molecule has 0 aliphatic heterocycles. The zero-order chi connectivity index (χ0) is 17.0. The van der Waals surface area contributed by atoms with Crippen molar-refractivity contribution in [3.05, 3.63) is 57.5 Å². The van der Waals surface area contributed by atoms with Crippen LogP contribution in [0.2, 0.25) is 15.1 Å². The summed E-state index contributed by atoms with van der Waals surface area (Å²) in [5.41, 5.74) is 0.301. The number of amides is 1. The van der Waals surface area contributed by atoms with E-state index in [-0.39, 0.29) is 14.9 Å². The van der Waals surface area contributed by atoms with Crippen LogP contribution in [0.4, 0.5) is 5.69 Å². The van der Waals surface area contributed by atoms with Crippen LogP contribution in [-0.2, 0) is 14.8 Å². The Kier molecular flexibility index (Phi) is 5.89. The molecule has 2 aromatic rings. The maximum Gasteiger partial charge on any atom is 0.241 e. The van der Waals surface area contributed by atoms with Crippen LogP contribution in [-0.4, -0.2) is 20.9 Å². The van der Waals surface area contributed by atoms with Crippen LogP contribution < -0.4 is 10.0 Å². The van der Waals surface area contributed by atoms with Gasteiger partial charge in [0.1, 0.15) is 0 Å². The van der Waals surface area contributed by atoms with Crippen molar-refractivity contribution in [2.75, 3.05) is 11.9 Å². The lowest BCUT2D eigenvalue weighted by Gasteiger charge is -2.09. The van der Waals surface area contributed by atoms with Crippen molar-refractivity contribution in [2.24, 2.45) is 0 Å². The molecule has 1 amide bonds. The van der Waals surface area contributed by atoms with E-state index in [2.05, 4.69) is 10.0 Å². The fraction of sp³-hybridized carbons (Fsp3) is 0.0714. The molecule has 0 bridgehead atoms. The molecular weight excluding hydrogens is 383 g/mol. The van der Waals surface area contributed by atoms with E-state index >= 15 is 0 Å². The fourth-order valence-electron chi connectivity index (χ4n) is 1.65. The summed E-state index contributed by atoms with van der Waals surface area (Å²) in [6.07, 6.45) is 0. The Labute approximate surface area is 148 Å². The first-order valence-electron chi connectivity index (χ1n) is 6.29. The van der Waals surface area contributed by atoms with Crippen LogP contribution in [0.1, 0.15) is 0 Å². The summed E-state index contributed by atoms with van der Waals surface area (Å²) in [5.74, 6) is -0.577. The molecule has 0 saturated carbocycles. The monoisotopic (exact) mass is 392 g/mol. The molecule has 2 rings (SSSR count). The summed E-state index contributed by atoms with van der Waals surface area (Å²) < 4.78 is 26.3. The standard InChI is InChI=1S/C14H11Cl3N2O3S/c15-9-4-6-10(7-5-9)23(21,22)18-8-13(20)19-12-3-1-2-11(16)14(12)17/h1-7,18H,8H2,(H,19,20). The average molecular weight is 394 g/mol. The molecule has 23 heavy (non-hydrogen) atoms. The van der Waals surface area contributed by atoms with Gasteiger partial charge in [-0.25, -0.2) is 13.1 Å². The predicted octanol–water partition coefficient (Wildman–Crippen LogP) is 3.56. The number of nitrogens with one attached hydrogen (secondary N) is 2. The number of hydrogen-bond acceptors (Lipinski definition) is 3. The lowest BCUT2D eigenvalue weighted by atomic mass is 10.3. The Hall–Kier alpha value is -1.31. The molecule has 9 heteroatoms. The second-order valence-corrected chi connectivity index (χ2v) is 7.42. The quantitative estimate of drug-likeness (QED) is 0.815. The van der Waals surface area contributed by atoms with Gasteiger partial charge < -0.3 is 5.32 Å². The van der Waals surface area contributed by atoms with Crippen molar-refractivity contribution in [1.29, 1.82) is 0 Å². The second kappa shape index (κ2) is 7.51. The van der Waals surface area contributed by atoms with E-state index in [0.717, 1.165) is 0 Å². The van der Waals surface area contributed by atoms with Gasteiger partial charge in [0.05, 0.1) is 27.2 Å². The maximum absolute atomic E-state index is 12.0. The van der Waals surface area contributed by atoms with E-state index in [1.54, 1.807) is 18.2 Å². The summed E-state index contributed by atoms with van der Waals surface area (Å²) >= 11 is 17.5. The lowest BCUT2D eigenvalue weighted by Crippen LogP contribution is -2.32. The van der Waals surface area contributed by atoms with Crippen molar-refractivity contribution in [3.8, 4) is 0 Å². The zero-order valence-corrected chi connectivity index (χ0v) is 14.6. The largest absolute Gasteiger partial charge is 0.324 e. The Bertz CT molecular complexity index is 824. The minimum Gasteiger partial charge on any atom is -0.324 e. The van der Waals surface area contributed by atoms with Gasteiger partial charge in [-0.05, 0) is 36.4 Å². The molecule has 0 atom stereocenters. The van der Waals surface area contributed by atoms with Crippen LogP contribution >= 0.6 is 34.8 Å². The number of benzene rings is 2. The van der Waals surface area contributed by atoms with Crippen molar-refractivity contribution < 1.29 is 13.2 Å². The van der Waals surface area contributed by atoms with Gasteiger partial charge in [-0.15, -0.1) is 0 Å². The first-order chi connectivity index (χ1) is 10.8. The first kappa shape index (κ1) is 18.0. The van der Waals surface area contributed by atoms with Crippen LogP contribution in [0.5, 0.6) is 0 Å². The highest BCUT2D eigenvalue weighted by atomic mass is 35.5. The predicted molar refractivity (Wildman–Crippen MR) is 91.7 cm³/mol. The minimum absolute atomic E-state index is 0.00971. The third kappa shape index (κ3) is 4.83. The van der Waals surface area contributed by atoms with E-state index in [1.165, 1.54) is 24.3 Å². The fourth-order valence-corrected chi connectivity index (χ4v) is 3.11. The van der Waals surface area contributed by atoms with Gasteiger partial charge in [0.2, 0.25) is 15.9 Å². The van der Waals surface area contributed by atoms with Gasteiger partial charge in [0.15, 0.2) is 0 Å². The molecule has 5 nitrogen and oxygen atoms in total. The normalized spacial score (nSPS) is 11.3. The Morgan fingerprint density at radius 2 is 1.65 bits per heavy atom. The summed E-state index contributed by atoms with van der Waals surface area (Å²) in [4.78, 5) is 11.9. The molecule has 0 saturated heterocycles. The van der Waals surface area contributed by atoms with Gasteiger partial charge >= 0.3 is 0 Å². The molecule has 0 heterocycles. The van der Waals surface area contributed by atoms with Crippen molar-refractivity contribution >= 4 is 56.4 Å². The Morgan fingerprint density at radius 1 is 1.00 bits per heavy atom. The van der Waals surface area contributed by atoms with Crippen LogP contribution in [0, 0.1) is 0 Å². The third-order valence-electron chi connectivity index (χ3n) is 2.77. The van der Waals surface area contributed by atoms with Crippen molar-refractivity contribution in [2.45, 2.75) is 4.90 Å². The first-order valence-corrected chi connectivity index (χ1v) is 8.90. The molecule has 2 aromatic carbocycles. The van der Waals surface area contributed by atoms with E-state index < -0.39 is 22.5 Å². The number of carbonyl (C=O) groups is 1. The van der Waals surface area contributed by atoms with Crippen molar-refractivity contribution in [3.63, 3.8) is 0 Å². The molecule has 0 aliphatic carbocycles. The molecule has 0 spiro atoms. The van der Waals surface area contributed by atoms with Crippen LogP contribution in [0.15, 0.2) is 47.4 Å². The molecule has 122 valence electrons. The van der Waals surface area contributed by atoms with E-state index in [0.29, 0.717) is 10.7 Å². The van der Waals surface area contributed by atoms with E-state index in [9.17, 15) is 13.2 Å². The van der Waals surface area contributed by atoms with E-state index in [4.69, 9.17) is 34.8 Å². The Morgan fingerprint density at radius 3 is 2.30 bits per heavy atom. The SMILES string of the molecule is O=C(CNS(=O)(=O)c1ccc(Cl)cc1)Nc1cccc(Cl)c1Cl. The minimum atomic E-state index is -3.81. The summed E-state index contributed by atoms with van der Waals surface area (Å²) in [6.45, 7) is -0.451. The summed E-state index contributed by atoms with van der Waals surface area (Å²) in [5, 5.41) is 3.36. The zero-order valence-electron chi connectivity index (χ0n) is 11.5. The average Bonchev–Trinajstić information content (AvgIpc) is 2.50. The number of halogens is 3. The Balaban J connectivity index is 2.01. The molecule has 0 radical (unpaired) electrons. The van der Waals surface area contributed by atoms with Gasteiger partial charge in [0, 0.05) is 5.02 Å². The number of carbonyl (C=O) groups excluding carboxylic acids is 1. The highest BCUT2D eigenvalue weighted by Crippen LogP contribution is 2.29. The summed E-state index contributed by atoms with van der Waals surface area (Å²) in [7, 11) is -3.81. The van der Waals surface area contributed by atoms with Crippen LogP contribution in [0.3, 0.4) is 0 Å². The highest BCUT2D eigenvalue weighted by molar-refractivity contribution is 7.89. The van der Waals surface area contributed by atoms with Crippen molar-refractivity contribution in [1.82, 2.24) is 4.72 Å². The maximum atomic E-state index is 12.0.